The van der Waals surface area contributed by atoms with Crippen molar-refractivity contribution in [1.82, 2.24) is 15.5 Å². The standard InChI is InChI=1S/C16H31N3O2.2ClH/c1-12-6-13(2)9-19(8-12)10-14(3)18-16(20)7-15-11-21-5-4-17-15;;/h12-15,17H,4-11H2,1-3H3,(H,18,20);2*1H. The van der Waals surface area contributed by atoms with Crippen molar-refractivity contribution in [2.24, 2.45) is 11.8 Å². The van der Waals surface area contributed by atoms with E-state index in [4.69, 9.17) is 4.74 Å². The summed E-state index contributed by atoms with van der Waals surface area (Å²) in [5, 5.41) is 6.45. The molecule has 7 heteroatoms. The SMILES string of the molecule is CC1CC(C)CN(CC(C)NC(=O)CC2COCCN2)C1.Cl.Cl. The van der Waals surface area contributed by atoms with Gasteiger partial charge in [0.2, 0.25) is 5.91 Å². The maximum atomic E-state index is 12.1. The van der Waals surface area contributed by atoms with Crippen LogP contribution in [0.15, 0.2) is 0 Å². The van der Waals surface area contributed by atoms with E-state index in [0.29, 0.717) is 13.0 Å². The molecule has 0 aliphatic carbocycles. The molecule has 2 saturated heterocycles. The van der Waals surface area contributed by atoms with Gasteiger partial charge in [0.15, 0.2) is 0 Å². The fourth-order valence-corrected chi connectivity index (χ4v) is 3.68. The Balaban J connectivity index is 0.00000242. The van der Waals surface area contributed by atoms with Crippen LogP contribution in [-0.2, 0) is 9.53 Å². The molecular weight excluding hydrogens is 337 g/mol. The van der Waals surface area contributed by atoms with Gasteiger partial charge in [-0.1, -0.05) is 13.8 Å². The predicted molar refractivity (Wildman–Crippen MR) is 98.7 cm³/mol. The third kappa shape index (κ3) is 8.54. The van der Waals surface area contributed by atoms with Gasteiger partial charge in [0.1, 0.15) is 0 Å². The molecule has 0 aromatic carbocycles. The topological polar surface area (TPSA) is 53.6 Å². The Bertz CT molecular complexity index is 331. The molecule has 2 rings (SSSR count). The number of halogens is 2. The first kappa shape index (κ1) is 22.9. The first-order chi connectivity index (χ1) is 10.0. The van der Waals surface area contributed by atoms with Crippen LogP contribution in [0.25, 0.3) is 0 Å². The molecule has 1 amide bonds. The molecule has 2 aliphatic rings. The maximum Gasteiger partial charge on any atom is 0.221 e. The van der Waals surface area contributed by atoms with Crippen LogP contribution in [0.4, 0.5) is 0 Å². The number of hydrogen-bond donors (Lipinski definition) is 2. The van der Waals surface area contributed by atoms with Gasteiger partial charge in [-0.05, 0) is 25.2 Å². The highest BCUT2D eigenvalue weighted by Crippen LogP contribution is 2.20. The molecule has 2 aliphatic heterocycles. The number of nitrogens with one attached hydrogen (secondary N) is 2. The zero-order chi connectivity index (χ0) is 15.2. The zero-order valence-electron chi connectivity index (χ0n) is 14.5. The molecule has 23 heavy (non-hydrogen) atoms. The Morgan fingerprint density at radius 1 is 1.30 bits per heavy atom. The van der Waals surface area contributed by atoms with E-state index in [1.807, 2.05) is 0 Å². The van der Waals surface area contributed by atoms with Gasteiger partial charge in [-0.25, -0.2) is 0 Å². The average molecular weight is 370 g/mol. The molecule has 0 bridgehead atoms. The predicted octanol–water partition coefficient (Wildman–Crippen LogP) is 1.69. The van der Waals surface area contributed by atoms with Gasteiger partial charge in [-0.2, -0.15) is 0 Å². The third-order valence-electron chi connectivity index (χ3n) is 4.31. The minimum Gasteiger partial charge on any atom is -0.378 e. The van der Waals surface area contributed by atoms with E-state index in [1.165, 1.54) is 6.42 Å². The molecule has 0 aromatic heterocycles. The summed E-state index contributed by atoms with van der Waals surface area (Å²) < 4.78 is 5.38. The van der Waals surface area contributed by atoms with E-state index < -0.39 is 0 Å². The fourth-order valence-electron chi connectivity index (χ4n) is 3.68. The summed E-state index contributed by atoms with van der Waals surface area (Å²) in [5.74, 6) is 1.66. The lowest BCUT2D eigenvalue weighted by Gasteiger charge is -2.36. The molecular formula is C16H33Cl2N3O2. The van der Waals surface area contributed by atoms with Crippen LogP contribution in [-0.4, -0.2) is 62.3 Å². The minimum atomic E-state index is 0. The summed E-state index contributed by atoms with van der Waals surface area (Å²) in [6.45, 7) is 12.2. The Labute approximate surface area is 153 Å². The number of carbonyl (C=O) groups is 1. The summed E-state index contributed by atoms with van der Waals surface area (Å²) in [4.78, 5) is 14.6. The highest BCUT2D eigenvalue weighted by Gasteiger charge is 2.24. The number of rotatable bonds is 5. The number of amides is 1. The van der Waals surface area contributed by atoms with Crippen molar-refractivity contribution >= 4 is 30.7 Å². The van der Waals surface area contributed by atoms with E-state index in [2.05, 4.69) is 36.3 Å². The molecule has 5 nitrogen and oxygen atoms in total. The molecule has 2 fully saturated rings. The van der Waals surface area contributed by atoms with E-state index in [0.717, 1.165) is 44.6 Å². The van der Waals surface area contributed by atoms with Crippen LogP contribution < -0.4 is 10.6 Å². The normalized spacial score (nSPS) is 29.8. The number of piperidine rings is 1. The van der Waals surface area contributed by atoms with Gasteiger partial charge < -0.3 is 20.3 Å². The quantitative estimate of drug-likeness (QED) is 0.774. The maximum absolute atomic E-state index is 12.1. The van der Waals surface area contributed by atoms with Gasteiger partial charge in [0.25, 0.3) is 0 Å². The molecule has 4 unspecified atom stereocenters. The number of nitrogens with zero attached hydrogens (tertiary/aromatic N) is 1. The van der Waals surface area contributed by atoms with Crippen LogP contribution in [0.3, 0.4) is 0 Å². The van der Waals surface area contributed by atoms with Gasteiger partial charge >= 0.3 is 0 Å². The molecule has 138 valence electrons. The van der Waals surface area contributed by atoms with Crippen molar-refractivity contribution < 1.29 is 9.53 Å². The van der Waals surface area contributed by atoms with E-state index in [9.17, 15) is 4.79 Å². The lowest BCUT2D eigenvalue weighted by Crippen LogP contribution is -2.49. The van der Waals surface area contributed by atoms with Crippen molar-refractivity contribution in [3.8, 4) is 0 Å². The molecule has 4 atom stereocenters. The Hall–Kier alpha value is -0.0700. The molecule has 0 radical (unpaired) electrons. The largest absolute Gasteiger partial charge is 0.378 e. The second kappa shape index (κ2) is 11.5. The van der Waals surface area contributed by atoms with Crippen molar-refractivity contribution in [3.63, 3.8) is 0 Å². The van der Waals surface area contributed by atoms with Gasteiger partial charge in [0.05, 0.1) is 13.2 Å². The number of carbonyl (C=O) groups excluding carboxylic acids is 1. The Morgan fingerprint density at radius 2 is 1.96 bits per heavy atom. The lowest BCUT2D eigenvalue weighted by atomic mass is 9.92. The summed E-state index contributed by atoms with van der Waals surface area (Å²) in [6, 6.07) is 0.375. The van der Waals surface area contributed by atoms with Gasteiger partial charge in [-0.3, -0.25) is 4.79 Å². The highest BCUT2D eigenvalue weighted by atomic mass is 35.5. The molecule has 2 heterocycles. The van der Waals surface area contributed by atoms with Crippen LogP contribution >= 0.6 is 24.8 Å². The molecule has 0 spiro atoms. The van der Waals surface area contributed by atoms with Crippen molar-refractivity contribution in [2.75, 3.05) is 39.4 Å². The number of likely N-dealkylation sites (tertiary alicyclic amines) is 1. The summed E-state index contributed by atoms with van der Waals surface area (Å²) in [5.41, 5.74) is 0. The minimum absolute atomic E-state index is 0. The smallest absolute Gasteiger partial charge is 0.221 e. The number of hydrogen-bond acceptors (Lipinski definition) is 4. The zero-order valence-corrected chi connectivity index (χ0v) is 16.2. The second-order valence-electron chi connectivity index (χ2n) is 7.06. The van der Waals surface area contributed by atoms with Crippen LogP contribution in [0.5, 0.6) is 0 Å². The molecule has 0 saturated carbocycles. The van der Waals surface area contributed by atoms with E-state index in [1.54, 1.807) is 0 Å². The number of morpholine rings is 1. The molecule has 0 aromatic rings. The lowest BCUT2D eigenvalue weighted by molar-refractivity contribution is -0.123. The van der Waals surface area contributed by atoms with E-state index in [-0.39, 0.29) is 42.8 Å². The van der Waals surface area contributed by atoms with Gasteiger partial charge in [0, 0.05) is 44.7 Å². The monoisotopic (exact) mass is 369 g/mol. The van der Waals surface area contributed by atoms with Crippen molar-refractivity contribution in [1.29, 1.82) is 0 Å². The Kier molecular flexibility index (Phi) is 11.4. The third-order valence-corrected chi connectivity index (χ3v) is 4.31. The first-order valence-corrected chi connectivity index (χ1v) is 8.35. The molecule has 2 N–H and O–H groups in total. The Morgan fingerprint density at radius 3 is 2.52 bits per heavy atom. The summed E-state index contributed by atoms with van der Waals surface area (Å²) in [7, 11) is 0. The fraction of sp³-hybridized carbons (Fsp3) is 0.938. The summed E-state index contributed by atoms with van der Waals surface area (Å²) in [6.07, 6.45) is 1.84. The van der Waals surface area contributed by atoms with E-state index >= 15 is 0 Å². The highest BCUT2D eigenvalue weighted by molar-refractivity contribution is 5.85. The van der Waals surface area contributed by atoms with Crippen molar-refractivity contribution in [2.45, 2.75) is 45.7 Å². The van der Waals surface area contributed by atoms with Crippen LogP contribution in [0.1, 0.15) is 33.6 Å². The first-order valence-electron chi connectivity index (χ1n) is 8.35. The van der Waals surface area contributed by atoms with Crippen molar-refractivity contribution in [3.05, 3.63) is 0 Å². The summed E-state index contributed by atoms with van der Waals surface area (Å²) >= 11 is 0. The number of ether oxygens (including phenoxy) is 1. The van der Waals surface area contributed by atoms with Crippen LogP contribution in [0.2, 0.25) is 0 Å². The average Bonchev–Trinajstić information content (AvgIpc) is 2.37. The van der Waals surface area contributed by atoms with Crippen LogP contribution in [0, 0.1) is 11.8 Å². The second-order valence-corrected chi connectivity index (χ2v) is 7.06. The van der Waals surface area contributed by atoms with Gasteiger partial charge in [-0.15, -0.1) is 24.8 Å².